The van der Waals surface area contributed by atoms with Crippen molar-refractivity contribution < 1.29 is 0 Å². The monoisotopic (exact) mass is 323 g/mol. The molecular weight excluding hydrogens is 294 g/mol. The second-order valence-electron chi connectivity index (χ2n) is 5.71. The summed E-state index contributed by atoms with van der Waals surface area (Å²) in [6.07, 6.45) is 5.27. The number of guanidine groups is 1. The van der Waals surface area contributed by atoms with Gasteiger partial charge in [0.05, 0.1) is 6.20 Å². The topological polar surface area (TPSA) is 56.3 Å². The molecule has 1 saturated heterocycles. The molecule has 0 aromatic carbocycles. The highest BCUT2D eigenvalue weighted by Gasteiger charge is 2.21. The van der Waals surface area contributed by atoms with Crippen LogP contribution in [-0.4, -0.2) is 58.2 Å². The summed E-state index contributed by atoms with van der Waals surface area (Å²) in [5, 5.41) is 11.3. The minimum absolute atomic E-state index is 0.742. The van der Waals surface area contributed by atoms with E-state index in [9.17, 15) is 0 Å². The van der Waals surface area contributed by atoms with E-state index in [2.05, 4.69) is 52.9 Å². The van der Waals surface area contributed by atoms with Gasteiger partial charge in [0.1, 0.15) is 0 Å². The second kappa shape index (κ2) is 9.08. The zero-order chi connectivity index (χ0) is 15.8. The van der Waals surface area contributed by atoms with Crippen molar-refractivity contribution in [3.8, 4) is 0 Å². The SMILES string of the molecule is CCNC(=NCCCc1cn[nH]c1C)N1CCSC(CC)C1. The summed E-state index contributed by atoms with van der Waals surface area (Å²) < 4.78 is 0. The molecule has 2 N–H and O–H groups in total. The summed E-state index contributed by atoms with van der Waals surface area (Å²) in [5.41, 5.74) is 2.48. The van der Waals surface area contributed by atoms with E-state index in [0.29, 0.717) is 0 Å². The molecule has 6 heteroatoms. The maximum absolute atomic E-state index is 4.83. The lowest BCUT2D eigenvalue weighted by atomic mass is 10.1. The molecule has 0 saturated carbocycles. The second-order valence-corrected chi connectivity index (χ2v) is 7.11. The molecule has 1 aromatic rings. The van der Waals surface area contributed by atoms with Crippen molar-refractivity contribution in [2.75, 3.05) is 31.9 Å². The Morgan fingerprint density at radius 2 is 2.41 bits per heavy atom. The average Bonchev–Trinajstić information content (AvgIpc) is 2.95. The fourth-order valence-corrected chi connectivity index (χ4v) is 3.85. The van der Waals surface area contributed by atoms with Crippen LogP contribution in [0.15, 0.2) is 11.2 Å². The van der Waals surface area contributed by atoms with Crippen molar-refractivity contribution in [2.24, 2.45) is 4.99 Å². The maximum atomic E-state index is 4.83. The molecule has 1 aliphatic heterocycles. The average molecular weight is 324 g/mol. The van der Waals surface area contributed by atoms with Crippen molar-refractivity contribution in [2.45, 2.75) is 45.3 Å². The molecular formula is C16H29N5S. The van der Waals surface area contributed by atoms with Gasteiger partial charge in [-0.2, -0.15) is 16.9 Å². The minimum Gasteiger partial charge on any atom is -0.357 e. The van der Waals surface area contributed by atoms with Crippen molar-refractivity contribution in [1.82, 2.24) is 20.4 Å². The molecule has 2 rings (SSSR count). The maximum Gasteiger partial charge on any atom is 0.193 e. The Hall–Kier alpha value is -1.17. The van der Waals surface area contributed by atoms with Crippen LogP contribution in [0.5, 0.6) is 0 Å². The third-order valence-electron chi connectivity index (χ3n) is 4.03. The first-order valence-corrected chi connectivity index (χ1v) is 9.43. The quantitative estimate of drug-likeness (QED) is 0.480. The van der Waals surface area contributed by atoms with Crippen LogP contribution in [0.25, 0.3) is 0 Å². The van der Waals surface area contributed by atoms with Gasteiger partial charge in [-0.1, -0.05) is 6.92 Å². The first-order valence-electron chi connectivity index (χ1n) is 8.38. The smallest absolute Gasteiger partial charge is 0.193 e. The number of aliphatic imine (C=N–C) groups is 1. The van der Waals surface area contributed by atoms with Crippen molar-refractivity contribution in [3.05, 3.63) is 17.5 Å². The number of hydrogen-bond acceptors (Lipinski definition) is 3. The van der Waals surface area contributed by atoms with Crippen molar-refractivity contribution in [1.29, 1.82) is 0 Å². The fraction of sp³-hybridized carbons (Fsp3) is 0.750. The third kappa shape index (κ3) is 4.93. The van der Waals surface area contributed by atoms with Crippen LogP contribution >= 0.6 is 11.8 Å². The Morgan fingerprint density at radius 3 is 3.09 bits per heavy atom. The summed E-state index contributed by atoms with van der Waals surface area (Å²) in [5.74, 6) is 2.29. The first-order chi connectivity index (χ1) is 10.7. The van der Waals surface area contributed by atoms with Gasteiger partial charge in [0, 0.05) is 42.9 Å². The van der Waals surface area contributed by atoms with Crippen LogP contribution < -0.4 is 5.32 Å². The van der Waals surface area contributed by atoms with Gasteiger partial charge in [0.15, 0.2) is 5.96 Å². The van der Waals surface area contributed by atoms with Gasteiger partial charge in [0.25, 0.3) is 0 Å². The van der Waals surface area contributed by atoms with Crippen molar-refractivity contribution >= 4 is 17.7 Å². The molecule has 0 radical (unpaired) electrons. The van der Waals surface area contributed by atoms with E-state index in [0.717, 1.165) is 50.2 Å². The first kappa shape index (κ1) is 17.2. The molecule has 0 spiro atoms. The summed E-state index contributed by atoms with van der Waals surface area (Å²) >= 11 is 2.10. The lowest BCUT2D eigenvalue weighted by molar-refractivity contribution is 0.408. The highest BCUT2D eigenvalue weighted by Crippen LogP contribution is 2.21. The fourth-order valence-electron chi connectivity index (χ4n) is 2.67. The van der Waals surface area contributed by atoms with E-state index >= 15 is 0 Å². The van der Waals surface area contributed by atoms with Crippen LogP contribution in [0.2, 0.25) is 0 Å². The number of aromatic amines is 1. The molecule has 2 heterocycles. The van der Waals surface area contributed by atoms with Gasteiger partial charge in [-0.15, -0.1) is 0 Å². The van der Waals surface area contributed by atoms with Gasteiger partial charge >= 0.3 is 0 Å². The number of aromatic nitrogens is 2. The highest BCUT2D eigenvalue weighted by molar-refractivity contribution is 8.00. The van der Waals surface area contributed by atoms with E-state index < -0.39 is 0 Å². The molecule has 1 aliphatic rings. The molecule has 1 fully saturated rings. The summed E-state index contributed by atoms with van der Waals surface area (Å²) in [6, 6.07) is 0. The largest absolute Gasteiger partial charge is 0.357 e. The molecule has 0 amide bonds. The lowest BCUT2D eigenvalue weighted by Crippen LogP contribution is -2.48. The Kier molecular flexibility index (Phi) is 7.09. The number of hydrogen-bond donors (Lipinski definition) is 2. The molecule has 124 valence electrons. The number of nitrogens with zero attached hydrogens (tertiary/aromatic N) is 3. The predicted molar refractivity (Wildman–Crippen MR) is 95.7 cm³/mol. The van der Waals surface area contributed by atoms with Crippen LogP contribution in [0.4, 0.5) is 0 Å². The molecule has 1 aromatic heterocycles. The molecule has 1 atom stereocenters. The van der Waals surface area contributed by atoms with Crippen LogP contribution in [0.3, 0.4) is 0 Å². The van der Waals surface area contributed by atoms with Crippen molar-refractivity contribution in [3.63, 3.8) is 0 Å². The van der Waals surface area contributed by atoms with Gasteiger partial charge in [-0.3, -0.25) is 10.1 Å². The number of H-pyrrole nitrogens is 1. The molecule has 0 bridgehead atoms. The number of thioether (sulfide) groups is 1. The van der Waals surface area contributed by atoms with Crippen LogP contribution in [-0.2, 0) is 6.42 Å². The standard InChI is InChI=1S/C16H29N5S/c1-4-15-12-21(9-10-22-15)16(17-5-2)18-8-6-7-14-11-19-20-13(14)3/h11,15H,4-10,12H2,1-3H3,(H,17,18)(H,19,20). The van der Waals surface area contributed by atoms with E-state index in [4.69, 9.17) is 4.99 Å². The molecule has 22 heavy (non-hydrogen) atoms. The van der Waals surface area contributed by atoms with Gasteiger partial charge in [0.2, 0.25) is 0 Å². The Morgan fingerprint density at radius 1 is 1.55 bits per heavy atom. The Bertz CT molecular complexity index is 471. The summed E-state index contributed by atoms with van der Waals surface area (Å²) in [7, 11) is 0. The van der Waals surface area contributed by atoms with Gasteiger partial charge in [-0.05, 0) is 38.7 Å². The molecule has 1 unspecified atom stereocenters. The minimum atomic E-state index is 0.742. The highest BCUT2D eigenvalue weighted by atomic mass is 32.2. The van der Waals surface area contributed by atoms with E-state index in [1.165, 1.54) is 23.4 Å². The molecule has 5 nitrogen and oxygen atoms in total. The van der Waals surface area contributed by atoms with E-state index in [1.54, 1.807) is 0 Å². The predicted octanol–water partition coefficient (Wildman–Crippen LogP) is 2.44. The van der Waals surface area contributed by atoms with Gasteiger partial charge in [-0.25, -0.2) is 0 Å². The van der Waals surface area contributed by atoms with E-state index in [-0.39, 0.29) is 0 Å². The van der Waals surface area contributed by atoms with Crippen LogP contribution in [0, 0.1) is 6.92 Å². The normalized spacial score (nSPS) is 19.5. The van der Waals surface area contributed by atoms with E-state index in [1.807, 2.05) is 6.20 Å². The van der Waals surface area contributed by atoms with Crippen LogP contribution in [0.1, 0.15) is 37.9 Å². The molecule has 0 aliphatic carbocycles. The number of aryl methyl sites for hydroxylation is 2. The number of rotatable bonds is 6. The Labute approximate surface area is 138 Å². The zero-order valence-electron chi connectivity index (χ0n) is 14.1. The lowest BCUT2D eigenvalue weighted by Gasteiger charge is -2.34. The number of nitrogens with one attached hydrogen (secondary N) is 2. The summed E-state index contributed by atoms with van der Waals surface area (Å²) in [6.45, 7) is 10.5. The zero-order valence-corrected chi connectivity index (χ0v) is 14.9. The summed E-state index contributed by atoms with van der Waals surface area (Å²) in [4.78, 5) is 7.25. The Balaban J connectivity index is 1.85. The van der Waals surface area contributed by atoms with Gasteiger partial charge < -0.3 is 10.2 Å². The third-order valence-corrected chi connectivity index (χ3v) is 5.40.